The number of benzene rings is 1. The first-order valence-corrected chi connectivity index (χ1v) is 6.87. The first-order chi connectivity index (χ1) is 10.0. The van der Waals surface area contributed by atoms with E-state index < -0.39 is 36.8 Å². The zero-order valence-electron chi connectivity index (χ0n) is 10.7. The van der Waals surface area contributed by atoms with Gasteiger partial charge in [0.05, 0.1) is 27.4 Å². The van der Waals surface area contributed by atoms with Crippen LogP contribution in [0.2, 0.25) is 15.1 Å². The molecule has 0 aliphatic heterocycles. The third-order valence-electron chi connectivity index (χ3n) is 2.58. The van der Waals surface area contributed by atoms with Crippen molar-refractivity contribution >= 4 is 52.4 Å². The van der Waals surface area contributed by atoms with Gasteiger partial charge in [0.25, 0.3) is 0 Å². The molecule has 2 N–H and O–H groups in total. The average Bonchev–Trinajstić information content (AvgIpc) is 2.33. The van der Waals surface area contributed by atoms with E-state index in [0.29, 0.717) is 0 Å². The lowest BCUT2D eigenvalue weighted by Crippen LogP contribution is -2.30. The van der Waals surface area contributed by atoms with E-state index in [2.05, 4.69) is 5.32 Å². The molecule has 1 aromatic carbocycles. The number of anilines is 1. The molecule has 0 radical (unpaired) electrons. The molecule has 1 rings (SSSR count). The van der Waals surface area contributed by atoms with E-state index in [4.69, 9.17) is 39.9 Å². The molecule has 0 heterocycles. The van der Waals surface area contributed by atoms with Gasteiger partial charge in [-0.15, -0.1) is 0 Å². The molecular weight excluding hydrogens is 369 g/mol. The van der Waals surface area contributed by atoms with E-state index in [1.807, 2.05) is 0 Å². The van der Waals surface area contributed by atoms with Gasteiger partial charge in [-0.25, -0.2) is 0 Å². The Morgan fingerprint density at radius 3 is 2.05 bits per heavy atom. The molecular formula is C12H9Cl3F3NO3. The Morgan fingerprint density at radius 2 is 1.64 bits per heavy atom. The van der Waals surface area contributed by atoms with E-state index in [0.717, 1.165) is 0 Å². The van der Waals surface area contributed by atoms with Crippen molar-refractivity contribution in [1.29, 1.82) is 0 Å². The number of aliphatic carboxylic acids is 1. The number of halogens is 6. The standard InChI is InChI=1S/C12H9Cl3F3NO3/c13-7-3-6(4-8(14)11(7)15)19-9(20)1-5(2-10(21)22)12(16,17)18/h3-5H,1-2H2,(H,19,20)(H,21,22). The molecule has 0 saturated heterocycles. The van der Waals surface area contributed by atoms with Crippen molar-refractivity contribution in [1.82, 2.24) is 0 Å². The third-order valence-corrected chi connectivity index (χ3v) is 3.78. The quantitative estimate of drug-likeness (QED) is 0.734. The lowest BCUT2D eigenvalue weighted by Gasteiger charge is -2.18. The molecule has 0 fully saturated rings. The zero-order chi connectivity index (χ0) is 17.1. The van der Waals surface area contributed by atoms with E-state index >= 15 is 0 Å². The minimum absolute atomic E-state index is 0.0161. The van der Waals surface area contributed by atoms with E-state index in [1.165, 1.54) is 12.1 Å². The average molecular weight is 379 g/mol. The van der Waals surface area contributed by atoms with Crippen molar-refractivity contribution < 1.29 is 27.9 Å². The zero-order valence-corrected chi connectivity index (χ0v) is 12.9. The van der Waals surface area contributed by atoms with Gasteiger partial charge in [0.15, 0.2) is 0 Å². The van der Waals surface area contributed by atoms with Gasteiger partial charge in [-0.3, -0.25) is 9.59 Å². The maximum absolute atomic E-state index is 12.7. The number of rotatable bonds is 5. The van der Waals surface area contributed by atoms with Crippen molar-refractivity contribution in [2.45, 2.75) is 19.0 Å². The van der Waals surface area contributed by atoms with Crippen LogP contribution >= 0.6 is 34.8 Å². The fourth-order valence-electron chi connectivity index (χ4n) is 1.58. The monoisotopic (exact) mass is 377 g/mol. The van der Waals surface area contributed by atoms with Gasteiger partial charge in [0.1, 0.15) is 0 Å². The Morgan fingerprint density at radius 1 is 1.14 bits per heavy atom. The molecule has 0 spiro atoms. The molecule has 10 heteroatoms. The number of hydrogen-bond acceptors (Lipinski definition) is 2. The summed E-state index contributed by atoms with van der Waals surface area (Å²) in [6.07, 6.45) is -7.03. The minimum Gasteiger partial charge on any atom is -0.481 e. The fraction of sp³-hybridized carbons (Fsp3) is 0.333. The van der Waals surface area contributed by atoms with Gasteiger partial charge in [-0.05, 0) is 12.1 Å². The summed E-state index contributed by atoms with van der Waals surface area (Å²) in [5.74, 6) is -4.95. The van der Waals surface area contributed by atoms with Crippen LogP contribution in [0.15, 0.2) is 12.1 Å². The van der Waals surface area contributed by atoms with Crippen LogP contribution in [0.5, 0.6) is 0 Å². The van der Waals surface area contributed by atoms with Gasteiger partial charge < -0.3 is 10.4 Å². The molecule has 0 saturated carbocycles. The molecule has 1 amide bonds. The predicted molar refractivity (Wildman–Crippen MR) is 76.5 cm³/mol. The van der Waals surface area contributed by atoms with Crippen molar-refractivity contribution in [2.24, 2.45) is 5.92 Å². The van der Waals surface area contributed by atoms with Crippen LogP contribution in [0.3, 0.4) is 0 Å². The molecule has 4 nitrogen and oxygen atoms in total. The summed E-state index contributed by atoms with van der Waals surface area (Å²) in [7, 11) is 0. The normalized spacial score (nSPS) is 12.8. The molecule has 22 heavy (non-hydrogen) atoms. The van der Waals surface area contributed by atoms with Crippen molar-refractivity contribution in [3.8, 4) is 0 Å². The van der Waals surface area contributed by atoms with Crippen LogP contribution < -0.4 is 5.32 Å². The Hall–Kier alpha value is -1.18. The fourth-order valence-corrected chi connectivity index (χ4v) is 2.17. The summed E-state index contributed by atoms with van der Waals surface area (Å²) in [4.78, 5) is 22.1. The van der Waals surface area contributed by atoms with Crippen molar-refractivity contribution in [3.63, 3.8) is 0 Å². The van der Waals surface area contributed by atoms with Crippen LogP contribution in [-0.4, -0.2) is 23.2 Å². The van der Waals surface area contributed by atoms with Crippen LogP contribution in [-0.2, 0) is 9.59 Å². The second-order valence-electron chi connectivity index (χ2n) is 4.34. The second kappa shape index (κ2) is 7.39. The molecule has 0 aromatic heterocycles. The Labute approximate surface area is 138 Å². The number of carbonyl (C=O) groups excluding carboxylic acids is 1. The summed E-state index contributed by atoms with van der Waals surface area (Å²) in [6.45, 7) is 0. The SMILES string of the molecule is O=C(O)CC(CC(=O)Nc1cc(Cl)c(Cl)c(Cl)c1)C(F)(F)F. The number of amides is 1. The van der Waals surface area contributed by atoms with E-state index in [-0.39, 0.29) is 20.8 Å². The molecule has 1 aromatic rings. The molecule has 1 unspecified atom stereocenters. The summed E-state index contributed by atoms with van der Waals surface area (Å²) < 4.78 is 38.0. The summed E-state index contributed by atoms with van der Waals surface area (Å²) in [6, 6.07) is 2.43. The largest absolute Gasteiger partial charge is 0.481 e. The molecule has 0 bridgehead atoms. The lowest BCUT2D eigenvalue weighted by atomic mass is 10.0. The van der Waals surface area contributed by atoms with E-state index in [9.17, 15) is 22.8 Å². The van der Waals surface area contributed by atoms with Crippen LogP contribution in [0.25, 0.3) is 0 Å². The van der Waals surface area contributed by atoms with Gasteiger partial charge in [0, 0.05) is 12.1 Å². The third kappa shape index (κ3) is 5.55. The highest BCUT2D eigenvalue weighted by molar-refractivity contribution is 6.48. The maximum Gasteiger partial charge on any atom is 0.392 e. The topological polar surface area (TPSA) is 66.4 Å². The maximum atomic E-state index is 12.7. The number of hydrogen-bond donors (Lipinski definition) is 2. The smallest absolute Gasteiger partial charge is 0.392 e. The highest BCUT2D eigenvalue weighted by Gasteiger charge is 2.42. The van der Waals surface area contributed by atoms with Gasteiger partial charge in [-0.2, -0.15) is 13.2 Å². The Balaban J connectivity index is 2.82. The number of carboxylic acid groups (broad SMARTS) is 1. The van der Waals surface area contributed by atoms with Crippen LogP contribution in [0.4, 0.5) is 18.9 Å². The highest BCUT2D eigenvalue weighted by Crippen LogP contribution is 2.34. The van der Waals surface area contributed by atoms with Gasteiger partial charge >= 0.3 is 12.1 Å². The summed E-state index contributed by atoms with van der Waals surface area (Å²) >= 11 is 17.1. The second-order valence-corrected chi connectivity index (χ2v) is 5.53. The van der Waals surface area contributed by atoms with Crippen molar-refractivity contribution in [2.75, 3.05) is 5.32 Å². The summed E-state index contributed by atoms with van der Waals surface area (Å²) in [5, 5.41) is 10.7. The molecule has 1 atom stereocenters. The number of carbonyl (C=O) groups is 2. The van der Waals surface area contributed by atoms with Crippen molar-refractivity contribution in [3.05, 3.63) is 27.2 Å². The number of nitrogens with one attached hydrogen (secondary N) is 1. The van der Waals surface area contributed by atoms with Crippen LogP contribution in [0, 0.1) is 5.92 Å². The van der Waals surface area contributed by atoms with Gasteiger partial charge in [0.2, 0.25) is 5.91 Å². The minimum atomic E-state index is -4.80. The Kier molecular flexibility index (Phi) is 6.34. The highest BCUT2D eigenvalue weighted by atomic mass is 35.5. The molecule has 122 valence electrons. The Bertz CT molecular complexity index is 570. The summed E-state index contributed by atoms with van der Waals surface area (Å²) in [5.41, 5.74) is 0.0562. The number of carboxylic acids is 1. The first kappa shape index (κ1) is 18.9. The van der Waals surface area contributed by atoms with Gasteiger partial charge in [-0.1, -0.05) is 34.8 Å². The first-order valence-electron chi connectivity index (χ1n) is 5.73. The van der Waals surface area contributed by atoms with E-state index in [1.54, 1.807) is 0 Å². The number of alkyl halides is 3. The lowest BCUT2D eigenvalue weighted by molar-refractivity contribution is -0.185. The van der Waals surface area contributed by atoms with Crippen LogP contribution in [0.1, 0.15) is 12.8 Å². The molecule has 0 aliphatic rings. The predicted octanol–water partition coefficient (Wildman–Crippen LogP) is 4.63. The molecule has 0 aliphatic carbocycles.